The largest absolute Gasteiger partial charge is 0.478 e. The van der Waals surface area contributed by atoms with Gasteiger partial charge in [0.15, 0.2) is 0 Å². The number of benzene rings is 1. The van der Waals surface area contributed by atoms with E-state index in [-0.39, 0.29) is 11.8 Å². The quantitative estimate of drug-likeness (QED) is 0.853. The summed E-state index contributed by atoms with van der Waals surface area (Å²) < 4.78 is 5.88. The molecule has 0 spiro atoms. The highest BCUT2D eigenvalue weighted by Crippen LogP contribution is 2.31. The molecule has 0 unspecified atom stereocenters. The summed E-state index contributed by atoms with van der Waals surface area (Å²) in [5.74, 6) is -0.204. The molecule has 0 aromatic heterocycles. The van der Waals surface area contributed by atoms with Crippen molar-refractivity contribution in [3.05, 3.63) is 42.0 Å². The van der Waals surface area contributed by atoms with Gasteiger partial charge < -0.3 is 14.7 Å². The number of allylic oxidation sites excluding steroid dienone is 2. The number of hydrogen-bond donors (Lipinski definition) is 1. The molecule has 1 N–H and O–H groups in total. The molecule has 5 heteroatoms. The molecule has 134 valence electrons. The van der Waals surface area contributed by atoms with Crippen molar-refractivity contribution in [1.82, 2.24) is 4.90 Å². The van der Waals surface area contributed by atoms with Crippen LogP contribution >= 0.6 is 0 Å². The van der Waals surface area contributed by atoms with Crippen molar-refractivity contribution in [2.24, 2.45) is 5.92 Å². The average molecular weight is 343 g/mol. The standard InChI is InChI=1S/C20H25NO4/c1-15-7-9-17(10-8-15)25-20(19(23)24)11-13-21(14-12-20)18(22)16-5-3-2-4-6-16/h2-3,7-10,16H,4-6,11-14H2,1H3,(H,23,24)/t16-/m1/s1. The van der Waals surface area contributed by atoms with Crippen molar-refractivity contribution in [2.75, 3.05) is 13.1 Å². The molecule has 1 amide bonds. The van der Waals surface area contributed by atoms with Gasteiger partial charge in [0.2, 0.25) is 11.5 Å². The van der Waals surface area contributed by atoms with Crippen LogP contribution in [0.5, 0.6) is 5.75 Å². The molecular formula is C20H25NO4. The Kier molecular flexibility index (Phi) is 5.11. The number of aryl methyl sites for hydroxylation is 1. The number of carboxylic acids is 1. The second-order valence-electron chi connectivity index (χ2n) is 7.02. The number of rotatable bonds is 4. The molecule has 0 saturated carbocycles. The maximum Gasteiger partial charge on any atom is 0.348 e. The topological polar surface area (TPSA) is 66.8 Å². The first-order valence-corrected chi connectivity index (χ1v) is 8.93. The van der Waals surface area contributed by atoms with Gasteiger partial charge in [0.05, 0.1) is 0 Å². The molecule has 5 nitrogen and oxygen atoms in total. The Labute approximate surface area is 148 Å². The Morgan fingerprint density at radius 2 is 1.84 bits per heavy atom. The number of amides is 1. The molecule has 1 fully saturated rings. The lowest BCUT2D eigenvalue weighted by molar-refractivity contribution is -0.162. The monoisotopic (exact) mass is 343 g/mol. The molecule has 0 radical (unpaired) electrons. The molecule has 1 aromatic rings. The van der Waals surface area contributed by atoms with Gasteiger partial charge in [-0.25, -0.2) is 4.79 Å². The second kappa shape index (κ2) is 7.30. The molecule has 1 atom stereocenters. The zero-order chi connectivity index (χ0) is 17.9. The van der Waals surface area contributed by atoms with E-state index in [1.165, 1.54) is 0 Å². The van der Waals surface area contributed by atoms with E-state index >= 15 is 0 Å². The highest BCUT2D eigenvalue weighted by molar-refractivity contribution is 5.81. The van der Waals surface area contributed by atoms with Gasteiger partial charge in [-0.1, -0.05) is 29.8 Å². The van der Waals surface area contributed by atoms with Crippen molar-refractivity contribution in [1.29, 1.82) is 0 Å². The highest BCUT2D eigenvalue weighted by Gasteiger charge is 2.45. The molecular weight excluding hydrogens is 318 g/mol. The maximum atomic E-state index is 12.6. The summed E-state index contributed by atoms with van der Waals surface area (Å²) in [7, 11) is 0. The number of aliphatic carboxylic acids is 1. The number of likely N-dealkylation sites (tertiary alicyclic amines) is 1. The molecule has 1 aliphatic heterocycles. The summed E-state index contributed by atoms with van der Waals surface area (Å²) in [6.45, 7) is 2.83. The second-order valence-corrected chi connectivity index (χ2v) is 7.02. The number of carbonyl (C=O) groups is 2. The normalized spacial score (nSPS) is 22.4. The van der Waals surface area contributed by atoms with Gasteiger partial charge in [-0.05, 0) is 38.3 Å². The highest BCUT2D eigenvalue weighted by atomic mass is 16.5. The Balaban J connectivity index is 1.66. The van der Waals surface area contributed by atoms with Crippen molar-refractivity contribution in [2.45, 2.75) is 44.6 Å². The lowest BCUT2D eigenvalue weighted by Crippen LogP contribution is -2.55. The van der Waals surface area contributed by atoms with Crippen LogP contribution in [0.15, 0.2) is 36.4 Å². The van der Waals surface area contributed by atoms with Gasteiger partial charge >= 0.3 is 5.97 Å². The predicted octanol–water partition coefficient (Wildman–Crippen LogP) is 3.18. The van der Waals surface area contributed by atoms with Gasteiger partial charge in [-0.2, -0.15) is 0 Å². The zero-order valence-electron chi connectivity index (χ0n) is 14.6. The third-order valence-electron chi connectivity index (χ3n) is 5.23. The molecule has 3 rings (SSSR count). The molecule has 2 aliphatic rings. The average Bonchev–Trinajstić information content (AvgIpc) is 2.64. The van der Waals surface area contributed by atoms with Gasteiger partial charge in [0, 0.05) is 31.8 Å². The van der Waals surface area contributed by atoms with Crippen LogP contribution in [0.1, 0.15) is 37.7 Å². The maximum absolute atomic E-state index is 12.6. The molecule has 1 heterocycles. The van der Waals surface area contributed by atoms with Gasteiger partial charge in [-0.3, -0.25) is 4.79 Å². The lowest BCUT2D eigenvalue weighted by Gasteiger charge is -2.40. The van der Waals surface area contributed by atoms with Crippen LogP contribution in [-0.2, 0) is 9.59 Å². The van der Waals surface area contributed by atoms with Gasteiger partial charge in [0.25, 0.3) is 0 Å². The number of carbonyl (C=O) groups excluding carboxylic acids is 1. The van der Waals surface area contributed by atoms with Crippen LogP contribution < -0.4 is 4.74 Å². The van der Waals surface area contributed by atoms with Gasteiger partial charge in [-0.15, -0.1) is 0 Å². The third-order valence-corrected chi connectivity index (χ3v) is 5.23. The number of nitrogens with zero attached hydrogens (tertiary/aromatic N) is 1. The Hall–Kier alpha value is -2.30. The minimum Gasteiger partial charge on any atom is -0.478 e. The lowest BCUT2D eigenvalue weighted by atomic mass is 9.88. The van der Waals surface area contributed by atoms with Crippen molar-refractivity contribution in [3.8, 4) is 5.75 Å². The first kappa shape index (κ1) is 17.5. The van der Waals surface area contributed by atoms with E-state index in [9.17, 15) is 14.7 Å². The van der Waals surface area contributed by atoms with Crippen LogP contribution in [0, 0.1) is 12.8 Å². The molecule has 0 bridgehead atoms. The summed E-state index contributed by atoms with van der Waals surface area (Å²) in [6, 6.07) is 7.40. The van der Waals surface area contributed by atoms with Crippen LogP contribution in [-0.4, -0.2) is 40.6 Å². The first-order valence-electron chi connectivity index (χ1n) is 8.93. The van der Waals surface area contributed by atoms with Crippen molar-refractivity contribution >= 4 is 11.9 Å². The van der Waals surface area contributed by atoms with E-state index in [1.54, 1.807) is 12.1 Å². The van der Waals surface area contributed by atoms with Gasteiger partial charge in [0.1, 0.15) is 5.75 Å². The Bertz CT molecular complexity index is 657. The fourth-order valence-electron chi connectivity index (χ4n) is 3.56. The SMILES string of the molecule is Cc1ccc(OC2(C(=O)O)CCN(C(=O)[C@@H]3CC=CCC3)CC2)cc1. The summed E-state index contributed by atoms with van der Waals surface area (Å²) >= 11 is 0. The van der Waals surface area contributed by atoms with E-state index in [1.807, 2.05) is 24.0 Å². The summed E-state index contributed by atoms with van der Waals surface area (Å²) in [4.78, 5) is 26.3. The zero-order valence-corrected chi connectivity index (χ0v) is 14.6. The molecule has 25 heavy (non-hydrogen) atoms. The van der Waals surface area contributed by atoms with E-state index in [0.717, 1.165) is 24.8 Å². The minimum atomic E-state index is -1.25. The van der Waals surface area contributed by atoms with E-state index in [0.29, 0.717) is 31.7 Å². The fraction of sp³-hybridized carbons (Fsp3) is 0.500. The van der Waals surface area contributed by atoms with Crippen LogP contribution in [0.25, 0.3) is 0 Å². The molecule has 1 aromatic carbocycles. The summed E-state index contributed by atoms with van der Waals surface area (Å²) in [6.07, 6.45) is 7.42. The fourth-order valence-corrected chi connectivity index (χ4v) is 3.56. The summed E-state index contributed by atoms with van der Waals surface area (Å²) in [5.41, 5.74) is -0.155. The van der Waals surface area contributed by atoms with E-state index in [4.69, 9.17) is 4.74 Å². The van der Waals surface area contributed by atoms with Crippen molar-refractivity contribution in [3.63, 3.8) is 0 Å². The van der Waals surface area contributed by atoms with E-state index in [2.05, 4.69) is 12.2 Å². The van der Waals surface area contributed by atoms with Crippen LogP contribution in [0.3, 0.4) is 0 Å². The number of hydrogen-bond acceptors (Lipinski definition) is 3. The summed E-state index contributed by atoms with van der Waals surface area (Å²) in [5, 5.41) is 9.74. The number of carboxylic acid groups (broad SMARTS) is 1. The van der Waals surface area contributed by atoms with Crippen LogP contribution in [0.4, 0.5) is 0 Å². The predicted molar refractivity (Wildman–Crippen MR) is 94.5 cm³/mol. The number of ether oxygens (including phenoxy) is 1. The van der Waals surface area contributed by atoms with E-state index < -0.39 is 11.6 Å². The molecule has 1 aliphatic carbocycles. The Morgan fingerprint density at radius 1 is 1.16 bits per heavy atom. The first-order chi connectivity index (χ1) is 12.0. The van der Waals surface area contributed by atoms with Crippen molar-refractivity contribution < 1.29 is 19.4 Å². The minimum absolute atomic E-state index is 0.0420. The Morgan fingerprint density at radius 3 is 2.40 bits per heavy atom. The number of piperidine rings is 1. The smallest absolute Gasteiger partial charge is 0.348 e. The molecule has 1 saturated heterocycles. The third kappa shape index (κ3) is 3.86. The van der Waals surface area contributed by atoms with Crippen LogP contribution in [0.2, 0.25) is 0 Å².